The molecule has 0 aromatic heterocycles. The van der Waals surface area contributed by atoms with Gasteiger partial charge in [0.2, 0.25) is 5.91 Å². The predicted molar refractivity (Wildman–Crippen MR) is 61.2 cm³/mol. The van der Waals surface area contributed by atoms with Crippen molar-refractivity contribution in [2.45, 2.75) is 12.5 Å². The molecule has 5 heteroatoms. The quantitative estimate of drug-likeness (QED) is 0.638. The van der Waals surface area contributed by atoms with Crippen molar-refractivity contribution < 1.29 is 9.53 Å². The zero-order valence-corrected chi connectivity index (χ0v) is 9.87. The second-order valence-electron chi connectivity index (χ2n) is 4.47. The first-order valence-corrected chi connectivity index (χ1v) is 6.07. The van der Waals surface area contributed by atoms with Crippen molar-refractivity contribution in [3.05, 3.63) is 0 Å². The van der Waals surface area contributed by atoms with Crippen LogP contribution in [0.4, 0.5) is 0 Å². The number of carbonyl (C=O) groups is 1. The van der Waals surface area contributed by atoms with Gasteiger partial charge >= 0.3 is 0 Å². The molecule has 16 heavy (non-hydrogen) atoms. The molecular weight excluding hydrogens is 206 g/mol. The van der Waals surface area contributed by atoms with Crippen molar-refractivity contribution in [1.82, 2.24) is 15.5 Å². The van der Waals surface area contributed by atoms with Crippen molar-refractivity contribution >= 4 is 5.91 Å². The maximum absolute atomic E-state index is 12.3. The fourth-order valence-electron chi connectivity index (χ4n) is 2.38. The van der Waals surface area contributed by atoms with Crippen LogP contribution in [0.2, 0.25) is 0 Å². The molecule has 2 unspecified atom stereocenters. The molecule has 2 N–H and O–H groups in total. The number of nitrogens with one attached hydrogen (secondary N) is 2. The summed E-state index contributed by atoms with van der Waals surface area (Å²) in [4.78, 5) is 14.3. The number of nitrogens with zero attached hydrogens (tertiary/aromatic N) is 1. The van der Waals surface area contributed by atoms with Crippen LogP contribution in [0.15, 0.2) is 0 Å². The van der Waals surface area contributed by atoms with E-state index in [4.69, 9.17) is 4.74 Å². The van der Waals surface area contributed by atoms with Gasteiger partial charge in [0.1, 0.15) is 0 Å². The average Bonchev–Trinajstić information content (AvgIpc) is 2.61. The molecule has 0 aliphatic carbocycles. The summed E-state index contributed by atoms with van der Waals surface area (Å²) in [5.74, 6) is 0.253. The van der Waals surface area contributed by atoms with Crippen LogP contribution in [0.25, 0.3) is 0 Å². The summed E-state index contributed by atoms with van der Waals surface area (Å²) in [5.41, 5.74) is 0. The third-order valence-corrected chi connectivity index (χ3v) is 3.42. The number of hydrogen-bond acceptors (Lipinski definition) is 4. The molecule has 2 atom stereocenters. The third-order valence-electron chi connectivity index (χ3n) is 3.42. The van der Waals surface area contributed by atoms with Crippen LogP contribution in [0.3, 0.4) is 0 Å². The number of likely N-dealkylation sites (N-methyl/N-ethyl adjacent to an activating group) is 1. The van der Waals surface area contributed by atoms with E-state index in [1.165, 1.54) is 0 Å². The molecule has 0 aromatic carbocycles. The Morgan fingerprint density at radius 2 is 2.25 bits per heavy atom. The minimum atomic E-state index is 0.00287. The van der Waals surface area contributed by atoms with E-state index in [0.29, 0.717) is 13.2 Å². The van der Waals surface area contributed by atoms with E-state index in [2.05, 4.69) is 10.6 Å². The Hall–Kier alpha value is -0.650. The lowest BCUT2D eigenvalue weighted by Gasteiger charge is -2.25. The van der Waals surface area contributed by atoms with E-state index >= 15 is 0 Å². The Morgan fingerprint density at radius 1 is 1.38 bits per heavy atom. The van der Waals surface area contributed by atoms with Gasteiger partial charge in [-0.15, -0.1) is 0 Å². The first-order chi connectivity index (χ1) is 7.83. The highest BCUT2D eigenvalue weighted by Gasteiger charge is 2.35. The number of amides is 1. The van der Waals surface area contributed by atoms with Gasteiger partial charge in [-0.2, -0.15) is 0 Å². The van der Waals surface area contributed by atoms with Crippen LogP contribution in [-0.2, 0) is 9.53 Å². The van der Waals surface area contributed by atoms with E-state index in [9.17, 15) is 4.79 Å². The molecule has 2 rings (SSSR count). The van der Waals surface area contributed by atoms with Crippen LogP contribution in [0.5, 0.6) is 0 Å². The second kappa shape index (κ2) is 5.61. The van der Waals surface area contributed by atoms with Crippen molar-refractivity contribution in [2.75, 3.05) is 46.4 Å². The fraction of sp³-hybridized carbons (Fsp3) is 0.909. The van der Waals surface area contributed by atoms with E-state index in [0.717, 1.165) is 32.6 Å². The molecule has 2 saturated heterocycles. The van der Waals surface area contributed by atoms with Gasteiger partial charge in [0, 0.05) is 25.7 Å². The van der Waals surface area contributed by atoms with Gasteiger partial charge in [0.25, 0.3) is 0 Å². The molecule has 5 nitrogen and oxygen atoms in total. The van der Waals surface area contributed by atoms with Gasteiger partial charge in [-0.1, -0.05) is 0 Å². The first-order valence-electron chi connectivity index (χ1n) is 6.07. The number of ether oxygens (including phenoxy) is 1. The molecule has 1 amide bonds. The molecular formula is C11H21N3O2. The molecule has 0 radical (unpaired) electrons. The first kappa shape index (κ1) is 11.8. The smallest absolute Gasteiger partial charge is 0.229 e. The Kier molecular flexibility index (Phi) is 4.15. The van der Waals surface area contributed by atoms with Gasteiger partial charge in [-0.3, -0.25) is 4.79 Å². The Labute approximate surface area is 96.5 Å². The summed E-state index contributed by atoms with van der Waals surface area (Å²) in [7, 11) is 1.89. The normalized spacial score (nSPS) is 31.4. The molecule has 92 valence electrons. The molecule has 2 fully saturated rings. The van der Waals surface area contributed by atoms with E-state index < -0.39 is 0 Å². The molecule has 0 saturated carbocycles. The highest BCUT2D eigenvalue weighted by molar-refractivity contribution is 5.80. The second-order valence-corrected chi connectivity index (χ2v) is 4.47. The van der Waals surface area contributed by atoms with Gasteiger partial charge < -0.3 is 20.3 Å². The third kappa shape index (κ3) is 2.53. The maximum Gasteiger partial charge on any atom is 0.229 e. The minimum absolute atomic E-state index is 0.00287. The van der Waals surface area contributed by atoms with Crippen LogP contribution < -0.4 is 10.6 Å². The van der Waals surface area contributed by atoms with Crippen molar-refractivity contribution in [2.24, 2.45) is 5.92 Å². The van der Waals surface area contributed by atoms with Crippen LogP contribution in [0, 0.1) is 5.92 Å². The fourth-order valence-corrected chi connectivity index (χ4v) is 2.38. The van der Waals surface area contributed by atoms with Gasteiger partial charge in [0.05, 0.1) is 19.1 Å². The molecule has 2 aliphatic heterocycles. The predicted octanol–water partition coefficient (Wildman–Crippen LogP) is -0.957. The van der Waals surface area contributed by atoms with Crippen molar-refractivity contribution in [3.8, 4) is 0 Å². The lowest BCUT2D eigenvalue weighted by atomic mass is 10.0. The Balaban J connectivity index is 1.94. The molecule has 2 heterocycles. The summed E-state index contributed by atoms with van der Waals surface area (Å²) in [6, 6.07) is 0.184. The van der Waals surface area contributed by atoms with Gasteiger partial charge in [0.15, 0.2) is 0 Å². The number of carbonyl (C=O) groups excluding carboxylic acids is 1. The van der Waals surface area contributed by atoms with E-state index in [1.807, 2.05) is 11.9 Å². The molecule has 0 aromatic rings. The van der Waals surface area contributed by atoms with E-state index in [-0.39, 0.29) is 17.9 Å². The lowest BCUT2D eigenvalue weighted by molar-refractivity contribution is -0.135. The van der Waals surface area contributed by atoms with Crippen LogP contribution in [-0.4, -0.2) is 63.3 Å². The Bertz CT molecular complexity index is 239. The van der Waals surface area contributed by atoms with Crippen LogP contribution in [0.1, 0.15) is 6.42 Å². The highest BCUT2D eigenvalue weighted by Crippen LogP contribution is 2.17. The number of hydrogen-bond donors (Lipinski definition) is 2. The zero-order valence-electron chi connectivity index (χ0n) is 9.87. The SMILES string of the molecule is CNC1COCC1C(=O)N1CCCNCC1. The topological polar surface area (TPSA) is 53.6 Å². The van der Waals surface area contributed by atoms with E-state index in [1.54, 1.807) is 0 Å². The zero-order chi connectivity index (χ0) is 11.4. The minimum Gasteiger partial charge on any atom is -0.379 e. The average molecular weight is 227 g/mol. The summed E-state index contributed by atoms with van der Waals surface area (Å²) < 4.78 is 5.38. The highest BCUT2D eigenvalue weighted by atomic mass is 16.5. The summed E-state index contributed by atoms with van der Waals surface area (Å²) in [6.45, 7) is 4.84. The summed E-state index contributed by atoms with van der Waals surface area (Å²) in [5, 5.41) is 6.47. The van der Waals surface area contributed by atoms with Gasteiger partial charge in [-0.05, 0) is 20.0 Å². The van der Waals surface area contributed by atoms with Gasteiger partial charge in [-0.25, -0.2) is 0 Å². The standard InChI is InChI=1S/C11H21N3O2/c1-12-10-8-16-7-9(10)11(15)14-5-2-3-13-4-6-14/h9-10,12-13H,2-8H2,1H3. The van der Waals surface area contributed by atoms with Crippen molar-refractivity contribution in [1.29, 1.82) is 0 Å². The molecule has 0 bridgehead atoms. The molecule has 2 aliphatic rings. The maximum atomic E-state index is 12.3. The number of rotatable bonds is 2. The van der Waals surface area contributed by atoms with Crippen molar-refractivity contribution in [3.63, 3.8) is 0 Å². The largest absolute Gasteiger partial charge is 0.379 e. The summed E-state index contributed by atoms with van der Waals surface area (Å²) >= 11 is 0. The Morgan fingerprint density at radius 3 is 3.06 bits per heavy atom. The monoisotopic (exact) mass is 227 g/mol. The lowest BCUT2D eigenvalue weighted by Crippen LogP contribution is -2.45. The van der Waals surface area contributed by atoms with Crippen LogP contribution >= 0.6 is 0 Å². The molecule has 0 spiro atoms. The summed E-state index contributed by atoms with van der Waals surface area (Å²) in [6.07, 6.45) is 1.05.